The van der Waals surface area contributed by atoms with Crippen molar-refractivity contribution in [3.05, 3.63) is 20.8 Å². The van der Waals surface area contributed by atoms with Crippen molar-refractivity contribution in [3.8, 4) is 0 Å². The summed E-state index contributed by atoms with van der Waals surface area (Å²) in [7, 11) is 0. The normalized spacial score (nSPS) is 29.4. The lowest BCUT2D eigenvalue weighted by atomic mass is 10.1. The Hall–Kier alpha value is 0.1000. The first-order chi connectivity index (χ1) is 6.66. The van der Waals surface area contributed by atoms with E-state index in [9.17, 15) is 0 Å². The lowest BCUT2D eigenvalue weighted by Crippen LogP contribution is -2.25. The van der Waals surface area contributed by atoms with E-state index < -0.39 is 0 Å². The summed E-state index contributed by atoms with van der Waals surface area (Å²) in [5, 5.41) is 0. The monoisotopic (exact) mass is 275 g/mol. The van der Waals surface area contributed by atoms with Gasteiger partial charge in [-0.25, -0.2) is 0 Å². The van der Waals surface area contributed by atoms with Crippen molar-refractivity contribution < 1.29 is 4.74 Å². The van der Waals surface area contributed by atoms with E-state index >= 15 is 0 Å². The molecule has 0 spiro atoms. The average molecular weight is 276 g/mol. The lowest BCUT2D eigenvalue weighted by Gasteiger charge is -2.17. The van der Waals surface area contributed by atoms with Crippen molar-refractivity contribution in [2.24, 2.45) is 5.73 Å². The molecule has 1 aliphatic rings. The number of hydrogen-bond acceptors (Lipinski definition) is 3. The minimum Gasteiger partial charge on any atom is -0.373 e. The van der Waals surface area contributed by atoms with Gasteiger partial charge in [-0.3, -0.25) is 0 Å². The molecule has 0 aliphatic carbocycles. The molecule has 78 valence electrons. The van der Waals surface area contributed by atoms with Crippen molar-refractivity contribution in [1.82, 2.24) is 0 Å². The van der Waals surface area contributed by atoms with E-state index in [4.69, 9.17) is 10.5 Å². The van der Waals surface area contributed by atoms with Crippen LogP contribution in [0.5, 0.6) is 0 Å². The molecule has 0 amide bonds. The highest BCUT2D eigenvalue weighted by Gasteiger charge is 2.28. The number of hydrogen-bond donors (Lipinski definition) is 1. The lowest BCUT2D eigenvalue weighted by molar-refractivity contribution is 0.0408. The second-order valence-corrected chi connectivity index (χ2v) is 6.22. The second-order valence-electron chi connectivity index (χ2n) is 3.73. The SMILES string of the molecule is CC1CCC(C(N)c2ccc(Br)s2)O1. The maximum atomic E-state index is 6.14. The summed E-state index contributed by atoms with van der Waals surface area (Å²) in [5.41, 5.74) is 6.14. The largest absolute Gasteiger partial charge is 0.373 e. The van der Waals surface area contributed by atoms with Gasteiger partial charge in [0.2, 0.25) is 0 Å². The van der Waals surface area contributed by atoms with Crippen molar-refractivity contribution in [2.45, 2.75) is 38.0 Å². The van der Waals surface area contributed by atoms with Crippen molar-refractivity contribution >= 4 is 27.3 Å². The van der Waals surface area contributed by atoms with Crippen LogP contribution in [0, 0.1) is 0 Å². The molecule has 2 heterocycles. The fraction of sp³-hybridized carbons (Fsp3) is 0.600. The molecule has 0 saturated carbocycles. The van der Waals surface area contributed by atoms with Crippen molar-refractivity contribution in [2.75, 3.05) is 0 Å². The topological polar surface area (TPSA) is 35.2 Å². The minimum absolute atomic E-state index is 0.0382. The van der Waals surface area contributed by atoms with Gasteiger partial charge in [-0.1, -0.05) is 0 Å². The summed E-state index contributed by atoms with van der Waals surface area (Å²) in [4.78, 5) is 1.20. The molecule has 14 heavy (non-hydrogen) atoms. The molecule has 1 aliphatic heterocycles. The van der Waals surface area contributed by atoms with Gasteiger partial charge in [0.25, 0.3) is 0 Å². The van der Waals surface area contributed by atoms with Gasteiger partial charge in [-0.15, -0.1) is 11.3 Å². The molecule has 4 heteroatoms. The van der Waals surface area contributed by atoms with Crippen LogP contribution < -0.4 is 5.73 Å². The van der Waals surface area contributed by atoms with Crippen LogP contribution in [0.15, 0.2) is 15.9 Å². The zero-order valence-corrected chi connectivity index (χ0v) is 10.5. The Morgan fingerprint density at radius 2 is 2.36 bits per heavy atom. The standard InChI is InChI=1S/C10H14BrNOS/c1-6-2-3-7(13-6)10(12)8-4-5-9(11)14-8/h4-7,10H,2-3,12H2,1H3. The molecule has 3 unspecified atom stereocenters. The molecule has 0 aromatic carbocycles. The Labute approximate surface area is 96.6 Å². The Balaban J connectivity index is 2.05. The number of nitrogens with two attached hydrogens (primary N) is 1. The number of thiophene rings is 1. The molecule has 1 aromatic rings. The van der Waals surface area contributed by atoms with E-state index in [1.54, 1.807) is 11.3 Å². The Kier molecular flexibility index (Phi) is 3.27. The van der Waals surface area contributed by atoms with E-state index in [0.717, 1.165) is 16.6 Å². The van der Waals surface area contributed by atoms with E-state index in [0.29, 0.717) is 6.10 Å². The number of rotatable bonds is 2. The summed E-state index contributed by atoms with van der Waals surface area (Å²) >= 11 is 5.14. The van der Waals surface area contributed by atoms with Gasteiger partial charge in [0.05, 0.1) is 22.0 Å². The van der Waals surface area contributed by atoms with Crippen LogP contribution in [-0.2, 0) is 4.74 Å². The van der Waals surface area contributed by atoms with Crippen molar-refractivity contribution in [3.63, 3.8) is 0 Å². The number of ether oxygens (including phenoxy) is 1. The molecule has 1 fully saturated rings. The fourth-order valence-electron chi connectivity index (χ4n) is 1.79. The van der Waals surface area contributed by atoms with Gasteiger partial charge >= 0.3 is 0 Å². The predicted molar refractivity (Wildman–Crippen MR) is 62.5 cm³/mol. The van der Waals surface area contributed by atoms with Gasteiger partial charge in [0, 0.05) is 4.88 Å². The third kappa shape index (κ3) is 2.19. The van der Waals surface area contributed by atoms with E-state index in [1.165, 1.54) is 4.88 Å². The third-order valence-electron chi connectivity index (χ3n) is 2.59. The maximum absolute atomic E-state index is 6.14. The first-order valence-corrected chi connectivity index (χ1v) is 6.44. The molecular weight excluding hydrogens is 262 g/mol. The van der Waals surface area contributed by atoms with E-state index in [1.807, 2.05) is 6.07 Å². The summed E-state index contributed by atoms with van der Waals surface area (Å²) in [6.45, 7) is 2.11. The van der Waals surface area contributed by atoms with Crippen LogP contribution in [0.1, 0.15) is 30.7 Å². The zero-order chi connectivity index (χ0) is 10.1. The highest BCUT2D eigenvalue weighted by Crippen LogP contribution is 2.33. The van der Waals surface area contributed by atoms with E-state index in [2.05, 4.69) is 28.9 Å². The van der Waals surface area contributed by atoms with Crippen LogP contribution in [0.4, 0.5) is 0 Å². The first-order valence-electron chi connectivity index (χ1n) is 4.83. The van der Waals surface area contributed by atoms with E-state index in [-0.39, 0.29) is 12.1 Å². The quantitative estimate of drug-likeness (QED) is 0.901. The zero-order valence-electron chi connectivity index (χ0n) is 8.07. The highest BCUT2D eigenvalue weighted by molar-refractivity contribution is 9.11. The third-order valence-corrected chi connectivity index (χ3v) is 4.31. The molecular formula is C10H14BrNOS. The van der Waals surface area contributed by atoms with Gasteiger partial charge < -0.3 is 10.5 Å². The highest BCUT2D eigenvalue weighted by atomic mass is 79.9. The summed E-state index contributed by atoms with van der Waals surface area (Å²) in [5.74, 6) is 0. The molecule has 1 saturated heterocycles. The van der Waals surface area contributed by atoms with Gasteiger partial charge in [-0.2, -0.15) is 0 Å². The Morgan fingerprint density at radius 3 is 2.86 bits per heavy atom. The molecule has 1 aromatic heterocycles. The molecule has 2 rings (SSSR count). The van der Waals surface area contributed by atoms with Crippen LogP contribution in [0.3, 0.4) is 0 Å². The first kappa shape index (κ1) is 10.6. The Morgan fingerprint density at radius 1 is 1.57 bits per heavy atom. The van der Waals surface area contributed by atoms with Gasteiger partial charge in [0.15, 0.2) is 0 Å². The predicted octanol–water partition coefficient (Wildman–Crippen LogP) is 3.08. The second kappa shape index (κ2) is 4.31. The molecule has 2 nitrogen and oxygen atoms in total. The van der Waals surface area contributed by atoms with Crippen molar-refractivity contribution in [1.29, 1.82) is 0 Å². The smallest absolute Gasteiger partial charge is 0.0780 e. The molecule has 2 N–H and O–H groups in total. The van der Waals surface area contributed by atoms with Crippen LogP contribution >= 0.6 is 27.3 Å². The van der Waals surface area contributed by atoms with Gasteiger partial charge in [-0.05, 0) is 47.8 Å². The van der Waals surface area contributed by atoms with Gasteiger partial charge in [0.1, 0.15) is 0 Å². The average Bonchev–Trinajstić information content (AvgIpc) is 2.73. The molecule has 3 atom stereocenters. The van der Waals surface area contributed by atoms with Crippen LogP contribution in [-0.4, -0.2) is 12.2 Å². The maximum Gasteiger partial charge on any atom is 0.0780 e. The fourth-order valence-corrected chi connectivity index (χ4v) is 3.27. The minimum atomic E-state index is 0.0382. The summed E-state index contributed by atoms with van der Waals surface area (Å²) in [6.07, 6.45) is 2.79. The van der Waals surface area contributed by atoms with Crippen LogP contribution in [0.2, 0.25) is 0 Å². The Bertz CT molecular complexity index is 315. The number of halogens is 1. The molecule has 0 bridgehead atoms. The summed E-state index contributed by atoms with van der Waals surface area (Å²) in [6, 6.07) is 4.15. The molecule has 0 radical (unpaired) electrons. The van der Waals surface area contributed by atoms with Crippen LogP contribution in [0.25, 0.3) is 0 Å². The summed E-state index contributed by atoms with van der Waals surface area (Å²) < 4.78 is 6.89.